The molecule has 1 fully saturated rings. The molecule has 0 spiro atoms. The Balaban J connectivity index is 1.23. The first-order chi connectivity index (χ1) is 14.2. The standard InChI is InChI=1S/C23H22N2O4/c26-22(8-6-17-11-16-3-1-2-4-19(16)24-23(17)27)25-10-9-18(13-25)15-5-7-20-21(12-15)29-14-28-20/h1-5,7,11-12,18H,6,8-10,13-14H2,(H,24,27). The molecule has 0 aliphatic carbocycles. The van der Waals surface area contributed by atoms with Crippen molar-refractivity contribution >= 4 is 16.8 Å². The van der Waals surface area contributed by atoms with Gasteiger partial charge in [-0.3, -0.25) is 9.59 Å². The first-order valence-electron chi connectivity index (χ1n) is 9.95. The van der Waals surface area contributed by atoms with Gasteiger partial charge in [-0.2, -0.15) is 0 Å². The van der Waals surface area contributed by atoms with Crippen LogP contribution in [-0.2, 0) is 11.2 Å². The van der Waals surface area contributed by atoms with Crippen LogP contribution in [0.2, 0.25) is 0 Å². The van der Waals surface area contributed by atoms with Crippen molar-refractivity contribution in [3.8, 4) is 11.5 Å². The number of ether oxygens (including phenoxy) is 2. The Bertz CT molecular complexity index is 1140. The van der Waals surface area contributed by atoms with Gasteiger partial charge >= 0.3 is 0 Å². The maximum atomic E-state index is 12.7. The first-order valence-corrected chi connectivity index (χ1v) is 9.95. The van der Waals surface area contributed by atoms with Crippen molar-refractivity contribution in [1.82, 2.24) is 9.88 Å². The average Bonchev–Trinajstić information content (AvgIpc) is 3.41. The minimum atomic E-state index is -0.115. The lowest BCUT2D eigenvalue weighted by Gasteiger charge is -2.17. The molecule has 3 aromatic rings. The topological polar surface area (TPSA) is 71.6 Å². The molecule has 5 rings (SSSR count). The zero-order chi connectivity index (χ0) is 19.8. The van der Waals surface area contributed by atoms with E-state index in [1.807, 2.05) is 47.4 Å². The first kappa shape index (κ1) is 17.8. The van der Waals surface area contributed by atoms with Crippen molar-refractivity contribution in [2.45, 2.75) is 25.2 Å². The van der Waals surface area contributed by atoms with Crippen molar-refractivity contribution in [1.29, 1.82) is 0 Å². The van der Waals surface area contributed by atoms with E-state index >= 15 is 0 Å². The molecule has 6 heteroatoms. The third-order valence-corrected chi connectivity index (χ3v) is 5.85. The fraction of sp³-hybridized carbons (Fsp3) is 0.304. The van der Waals surface area contributed by atoms with Gasteiger partial charge in [-0.1, -0.05) is 24.3 Å². The Morgan fingerprint density at radius 2 is 1.97 bits per heavy atom. The van der Waals surface area contributed by atoms with E-state index < -0.39 is 0 Å². The van der Waals surface area contributed by atoms with Crippen LogP contribution in [0.15, 0.2) is 53.3 Å². The SMILES string of the molecule is O=C(CCc1cc2ccccc2[nH]c1=O)N1CCC(c2ccc3c(c2)OCO3)C1. The van der Waals surface area contributed by atoms with Crippen LogP contribution in [0.5, 0.6) is 11.5 Å². The van der Waals surface area contributed by atoms with Gasteiger partial charge in [-0.25, -0.2) is 0 Å². The average molecular weight is 390 g/mol. The summed E-state index contributed by atoms with van der Waals surface area (Å²) in [5.41, 5.74) is 2.54. The Morgan fingerprint density at radius 3 is 2.90 bits per heavy atom. The number of rotatable bonds is 4. The van der Waals surface area contributed by atoms with Crippen LogP contribution >= 0.6 is 0 Å². The fourth-order valence-electron chi connectivity index (χ4n) is 4.20. The monoisotopic (exact) mass is 390 g/mol. The molecule has 3 heterocycles. The van der Waals surface area contributed by atoms with Crippen molar-refractivity contribution < 1.29 is 14.3 Å². The van der Waals surface area contributed by atoms with Gasteiger partial charge in [0.1, 0.15) is 0 Å². The van der Waals surface area contributed by atoms with Crippen LogP contribution in [-0.4, -0.2) is 35.7 Å². The molecule has 0 saturated carbocycles. The predicted octanol–water partition coefficient (Wildman–Crippen LogP) is 3.21. The summed E-state index contributed by atoms with van der Waals surface area (Å²) in [5.74, 6) is 1.96. The molecule has 1 unspecified atom stereocenters. The van der Waals surface area contributed by atoms with E-state index in [1.165, 1.54) is 5.56 Å². The van der Waals surface area contributed by atoms with Crippen LogP contribution in [0.4, 0.5) is 0 Å². The number of pyridine rings is 1. The minimum absolute atomic E-state index is 0.0980. The number of nitrogens with one attached hydrogen (secondary N) is 1. The lowest BCUT2D eigenvalue weighted by atomic mass is 9.98. The highest BCUT2D eigenvalue weighted by Crippen LogP contribution is 2.37. The molecule has 29 heavy (non-hydrogen) atoms. The van der Waals surface area contributed by atoms with Crippen molar-refractivity contribution in [2.75, 3.05) is 19.9 Å². The van der Waals surface area contributed by atoms with Crippen LogP contribution in [0.1, 0.15) is 29.9 Å². The summed E-state index contributed by atoms with van der Waals surface area (Å²) in [6.45, 7) is 1.71. The fourth-order valence-corrected chi connectivity index (χ4v) is 4.20. The quantitative estimate of drug-likeness (QED) is 0.743. The number of hydrogen-bond donors (Lipinski definition) is 1. The molecule has 1 atom stereocenters. The zero-order valence-electron chi connectivity index (χ0n) is 16.0. The number of aromatic amines is 1. The highest BCUT2D eigenvalue weighted by atomic mass is 16.7. The van der Waals surface area contributed by atoms with E-state index in [2.05, 4.69) is 11.1 Å². The Labute approximate surface area is 168 Å². The predicted molar refractivity (Wildman–Crippen MR) is 109 cm³/mol. The lowest BCUT2D eigenvalue weighted by molar-refractivity contribution is -0.130. The highest BCUT2D eigenvalue weighted by molar-refractivity contribution is 5.79. The maximum absolute atomic E-state index is 12.7. The van der Waals surface area contributed by atoms with Gasteiger partial charge < -0.3 is 19.4 Å². The minimum Gasteiger partial charge on any atom is -0.454 e. The summed E-state index contributed by atoms with van der Waals surface area (Å²) in [5, 5.41) is 0.985. The highest BCUT2D eigenvalue weighted by Gasteiger charge is 2.28. The second-order valence-corrected chi connectivity index (χ2v) is 7.65. The molecular weight excluding hydrogens is 368 g/mol. The van der Waals surface area contributed by atoms with Gasteiger partial charge in [-0.15, -0.1) is 0 Å². The molecule has 2 aliphatic rings. The largest absolute Gasteiger partial charge is 0.454 e. The molecule has 1 N–H and O–H groups in total. The van der Waals surface area contributed by atoms with E-state index in [0.717, 1.165) is 35.4 Å². The molecule has 6 nitrogen and oxygen atoms in total. The number of para-hydroxylation sites is 1. The molecule has 1 saturated heterocycles. The van der Waals surface area contributed by atoms with Gasteiger partial charge in [0.15, 0.2) is 11.5 Å². The summed E-state index contributed by atoms with van der Waals surface area (Å²) in [6.07, 6.45) is 1.72. The second-order valence-electron chi connectivity index (χ2n) is 7.65. The van der Waals surface area contributed by atoms with Crippen LogP contribution in [0, 0.1) is 0 Å². The van der Waals surface area contributed by atoms with Crippen molar-refractivity contribution in [3.05, 3.63) is 70.0 Å². The van der Waals surface area contributed by atoms with E-state index in [-0.39, 0.29) is 18.3 Å². The molecule has 0 radical (unpaired) electrons. The third kappa shape index (κ3) is 3.46. The number of benzene rings is 2. The van der Waals surface area contributed by atoms with Gasteiger partial charge in [0.05, 0.1) is 0 Å². The summed E-state index contributed by atoms with van der Waals surface area (Å²) in [7, 11) is 0. The summed E-state index contributed by atoms with van der Waals surface area (Å²) in [4.78, 5) is 29.8. The molecule has 0 bridgehead atoms. The summed E-state index contributed by atoms with van der Waals surface area (Å²) >= 11 is 0. The number of aromatic nitrogens is 1. The molecule has 148 valence electrons. The molecule has 1 amide bonds. The maximum Gasteiger partial charge on any atom is 0.251 e. The molecule has 2 aromatic carbocycles. The van der Waals surface area contributed by atoms with Crippen LogP contribution in [0.3, 0.4) is 0 Å². The zero-order valence-corrected chi connectivity index (χ0v) is 16.0. The number of nitrogens with zero attached hydrogens (tertiary/aromatic N) is 1. The lowest BCUT2D eigenvalue weighted by Crippen LogP contribution is -2.29. The van der Waals surface area contributed by atoms with E-state index in [9.17, 15) is 9.59 Å². The molecule has 2 aliphatic heterocycles. The molecule has 1 aromatic heterocycles. The second kappa shape index (κ2) is 7.28. The van der Waals surface area contributed by atoms with E-state index in [1.54, 1.807) is 0 Å². The number of aryl methyl sites for hydroxylation is 1. The van der Waals surface area contributed by atoms with Gasteiger partial charge in [0, 0.05) is 36.5 Å². The number of H-pyrrole nitrogens is 1. The smallest absolute Gasteiger partial charge is 0.251 e. The number of amides is 1. The summed E-state index contributed by atoms with van der Waals surface area (Å²) < 4.78 is 10.8. The van der Waals surface area contributed by atoms with E-state index in [0.29, 0.717) is 30.9 Å². The summed E-state index contributed by atoms with van der Waals surface area (Å²) in [6, 6.07) is 15.6. The number of fused-ring (bicyclic) bond motifs is 2. The van der Waals surface area contributed by atoms with Crippen LogP contribution < -0.4 is 15.0 Å². The van der Waals surface area contributed by atoms with Crippen molar-refractivity contribution in [3.63, 3.8) is 0 Å². The van der Waals surface area contributed by atoms with Gasteiger partial charge in [0.2, 0.25) is 12.7 Å². The number of hydrogen-bond acceptors (Lipinski definition) is 4. The number of likely N-dealkylation sites (tertiary alicyclic amines) is 1. The Kier molecular flexibility index (Phi) is 4.46. The van der Waals surface area contributed by atoms with Crippen LogP contribution in [0.25, 0.3) is 10.9 Å². The van der Waals surface area contributed by atoms with Crippen molar-refractivity contribution in [2.24, 2.45) is 0 Å². The Morgan fingerprint density at radius 1 is 1.10 bits per heavy atom. The van der Waals surface area contributed by atoms with Gasteiger partial charge in [-0.05, 0) is 48.1 Å². The third-order valence-electron chi connectivity index (χ3n) is 5.85. The molecular formula is C23H22N2O4. The normalized spacial score (nSPS) is 17.8. The number of carbonyl (C=O) groups excluding carboxylic acids is 1. The Hall–Kier alpha value is -3.28. The number of carbonyl (C=O) groups is 1. The van der Waals surface area contributed by atoms with E-state index in [4.69, 9.17) is 9.47 Å². The van der Waals surface area contributed by atoms with Gasteiger partial charge in [0.25, 0.3) is 5.56 Å².